The Hall–Kier alpha value is -0.930. The Balaban J connectivity index is 2.14. The topological polar surface area (TPSA) is 38.3 Å². The maximum Gasteiger partial charge on any atom is 0.411 e. The van der Waals surface area contributed by atoms with Gasteiger partial charge in [0.05, 0.1) is 6.61 Å². The molecule has 0 bridgehead atoms. The van der Waals surface area contributed by atoms with Crippen LogP contribution in [0.25, 0.3) is 0 Å². The van der Waals surface area contributed by atoms with Crippen LogP contribution >= 0.6 is 23.2 Å². The molecule has 18 heavy (non-hydrogen) atoms. The fourth-order valence-corrected chi connectivity index (χ4v) is 1.81. The predicted octanol–water partition coefficient (Wildman–Crippen LogP) is 4.69. The van der Waals surface area contributed by atoms with Crippen molar-refractivity contribution in [1.29, 1.82) is 0 Å². The molecule has 1 N–H and O–H groups in total. The zero-order valence-electron chi connectivity index (χ0n) is 10.1. The highest BCUT2D eigenvalue weighted by atomic mass is 35.5. The molecule has 1 aromatic rings. The van der Waals surface area contributed by atoms with E-state index >= 15 is 0 Å². The minimum Gasteiger partial charge on any atom is -0.449 e. The molecule has 0 aliphatic rings. The minimum atomic E-state index is -0.449. The van der Waals surface area contributed by atoms with Crippen LogP contribution in [0, 0.1) is 0 Å². The van der Waals surface area contributed by atoms with Gasteiger partial charge in [0.25, 0.3) is 0 Å². The molecule has 0 radical (unpaired) electrons. The SMILES string of the molecule is O=C(Nc1cccc(Cl)c1)OCCCCCCCl. The van der Waals surface area contributed by atoms with E-state index in [0.717, 1.165) is 25.7 Å². The van der Waals surface area contributed by atoms with E-state index in [1.165, 1.54) is 0 Å². The number of benzene rings is 1. The molecule has 1 rings (SSSR count). The average Bonchev–Trinajstić information content (AvgIpc) is 2.33. The van der Waals surface area contributed by atoms with E-state index in [4.69, 9.17) is 27.9 Å². The Morgan fingerprint density at radius 3 is 2.72 bits per heavy atom. The van der Waals surface area contributed by atoms with E-state index in [9.17, 15) is 4.79 Å². The van der Waals surface area contributed by atoms with Crippen molar-refractivity contribution >= 4 is 35.0 Å². The van der Waals surface area contributed by atoms with Crippen LogP contribution in [0.2, 0.25) is 5.02 Å². The molecular formula is C13H17Cl2NO2. The van der Waals surface area contributed by atoms with Gasteiger partial charge in [-0.05, 0) is 31.0 Å². The van der Waals surface area contributed by atoms with E-state index < -0.39 is 6.09 Å². The molecule has 0 fully saturated rings. The first-order valence-electron chi connectivity index (χ1n) is 5.97. The molecule has 0 aromatic heterocycles. The van der Waals surface area contributed by atoms with Crippen LogP contribution in [-0.2, 0) is 4.74 Å². The molecular weight excluding hydrogens is 273 g/mol. The number of hydrogen-bond donors (Lipinski definition) is 1. The lowest BCUT2D eigenvalue weighted by Gasteiger charge is -2.07. The van der Waals surface area contributed by atoms with Crippen LogP contribution in [0.3, 0.4) is 0 Å². The summed E-state index contributed by atoms with van der Waals surface area (Å²) in [5.74, 6) is 0.691. The van der Waals surface area contributed by atoms with Crippen molar-refractivity contribution in [2.24, 2.45) is 0 Å². The van der Waals surface area contributed by atoms with Crippen LogP contribution in [0.4, 0.5) is 10.5 Å². The van der Waals surface area contributed by atoms with Gasteiger partial charge in [-0.1, -0.05) is 30.5 Å². The minimum absolute atomic E-state index is 0.425. The summed E-state index contributed by atoms with van der Waals surface area (Å²) in [4.78, 5) is 11.4. The number of nitrogens with one attached hydrogen (secondary N) is 1. The van der Waals surface area contributed by atoms with Gasteiger partial charge in [0.1, 0.15) is 0 Å². The average molecular weight is 290 g/mol. The smallest absolute Gasteiger partial charge is 0.411 e. The fraction of sp³-hybridized carbons (Fsp3) is 0.462. The van der Waals surface area contributed by atoms with Gasteiger partial charge in [-0.15, -0.1) is 11.6 Å². The zero-order valence-corrected chi connectivity index (χ0v) is 11.6. The molecule has 0 aliphatic heterocycles. The largest absolute Gasteiger partial charge is 0.449 e. The van der Waals surface area contributed by atoms with Gasteiger partial charge in [-0.3, -0.25) is 5.32 Å². The van der Waals surface area contributed by atoms with Crippen LogP contribution in [0.15, 0.2) is 24.3 Å². The Bertz CT molecular complexity index is 372. The molecule has 5 heteroatoms. The van der Waals surface area contributed by atoms with E-state index in [0.29, 0.717) is 23.2 Å². The second kappa shape index (κ2) is 9.06. The summed E-state index contributed by atoms with van der Waals surface area (Å²) in [6, 6.07) is 6.94. The first-order chi connectivity index (χ1) is 8.72. The Kier molecular flexibility index (Phi) is 7.62. The molecule has 0 spiro atoms. The number of unbranched alkanes of at least 4 members (excludes halogenated alkanes) is 3. The van der Waals surface area contributed by atoms with Gasteiger partial charge in [-0.25, -0.2) is 4.79 Å². The highest BCUT2D eigenvalue weighted by molar-refractivity contribution is 6.30. The Morgan fingerprint density at radius 1 is 1.22 bits per heavy atom. The van der Waals surface area contributed by atoms with Crippen molar-refractivity contribution < 1.29 is 9.53 Å². The Labute approximate surface area is 117 Å². The number of carbonyl (C=O) groups is 1. The Morgan fingerprint density at radius 2 is 2.00 bits per heavy atom. The lowest BCUT2D eigenvalue weighted by atomic mass is 10.2. The number of carbonyl (C=O) groups excluding carboxylic acids is 1. The molecule has 0 atom stereocenters. The summed E-state index contributed by atoms with van der Waals surface area (Å²) in [6.07, 6.45) is 3.52. The second-order valence-electron chi connectivity index (χ2n) is 3.87. The third kappa shape index (κ3) is 6.72. The summed E-state index contributed by atoms with van der Waals surface area (Å²) >= 11 is 11.4. The normalized spacial score (nSPS) is 10.1. The molecule has 0 saturated carbocycles. The number of alkyl halides is 1. The van der Waals surface area contributed by atoms with Gasteiger partial charge in [0.15, 0.2) is 0 Å². The van der Waals surface area contributed by atoms with Crippen LogP contribution in [0.5, 0.6) is 0 Å². The highest BCUT2D eigenvalue weighted by Crippen LogP contribution is 2.15. The van der Waals surface area contributed by atoms with Gasteiger partial charge in [-0.2, -0.15) is 0 Å². The monoisotopic (exact) mass is 289 g/mol. The number of ether oxygens (including phenoxy) is 1. The maximum atomic E-state index is 11.4. The molecule has 1 aromatic carbocycles. The molecule has 0 aliphatic carbocycles. The summed E-state index contributed by atoms with van der Waals surface area (Å²) in [5, 5.41) is 3.20. The summed E-state index contributed by atoms with van der Waals surface area (Å²) in [5.41, 5.74) is 0.634. The number of halogens is 2. The molecule has 3 nitrogen and oxygen atoms in total. The molecule has 0 heterocycles. The molecule has 100 valence electrons. The quantitative estimate of drug-likeness (QED) is 0.584. The van der Waals surface area contributed by atoms with E-state index in [1.807, 2.05) is 0 Å². The third-order valence-corrected chi connectivity index (χ3v) is 2.83. The third-order valence-electron chi connectivity index (χ3n) is 2.33. The van der Waals surface area contributed by atoms with Crippen molar-refractivity contribution in [2.45, 2.75) is 25.7 Å². The lowest BCUT2D eigenvalue weighted by Crippen LogP contribution is -2.14. The highest BCUT2D eigenvalue weighted by Gasteiger charge is 2.02. The number of rotatable bonds is 7. The predicted molar refractivity (Wildman–Crippen MR) is 75.6 cm³/mol. The van der Waals surface area contributed by atoms with Crippen molar-refractivity contribution in [3.8, 4) is 0 Å². The van der Waals surface area contributed by atoms with Gasteiger partial charge in [0.2, 0.25) is 0 Å². The van der Waals surface area contributed by atoms with Crippen LogP contribution in [-0.4, -0.2) is 18.6 Å². The first kappa shape index (κ1) is 15.1. The number of hydrogen-bond acceptors (Lipinski definition) is 2. The standard InChI is InChI=1S/C13H17Cl2NO2/c14-8-3-1-2-4-9-18-13(17)16-12-7-5-6-11(15)10-12/h5-7,10H,1-4,8-9H2,(H,16,17). The van der Waals surface area contributed by atoms with E-state index in [2.05, 4.69) is 5.32 Å². The second-order valence-corrected chi connectivity index (χ2v) is 4.69. The van der Waals surface area contributed by atoms with Gasteiger partial charge in [0, 0.05) is 16.6 Å². The van der Waals surface area contributed by atoms with Crippen molar-refractivity contribution in [3.63, 3.8) is 0 Å². The van der Waals surface area contributed by atoms with E-state index in [-0.39, 0.29) is 0 Å². The number of amides is 1. The fourth-order valence-electron chi connectivity index (χ4n) is 1.44. The lowest BCUT2D eigenvalue weighted by molar-refractivity contribution is 0.159. The summed E-state index contributed by atoms with van der Waals surface area (Å²) in [7, 11) is 0. The van der Waals surface area contributed by atoms with Crippen molar-refractivity contribution in [3.05, 3.63) is 29.3 Å². The van der Waals surface area contributed by atoms with Gasteiger partial charge < -0.3 is 4.74 Å². The molecule has 1 amide bonds. The molecule has 0 saturated heterocycles. The van der Waals surface area contributed by atoms with Crippen molar-refractivity contribution in [2.75, 3.05) is 17.8 Å². The zero-order chi connectivity index (χ0) is 13.2. The first-order valence-corrected chi connectivity index (χ1v) is 6.89. The van der Waals surface area contributed by atoms with E-state index in [1.54, 1.807) is 24.3 Å². The van der Waals surface area contributed by atoms with Crippen LogP contribution < -0.4 is 5.32 Å². The summed E-state index contributed by atoms with van der Waals surface area (Å²) < 4.78 is 5.04. The molecule has 0 unspecified atom stereocenters. The van der Waals surface area contributed by atoms with Gasteiger partial charge >= 0.3 is 6.09 Å². The van der Waals surface area contributed by atoms with Crippen molar-refractivity contribution in [1.82, 2.24) is 0 Å². The van der Waals surface area contributed by atoms with Crippen LogP contribution in [0.1, 0.15) is 25.7 Å². The summed E-state index contributed by atoms with van der Waals surface area (Å²) in [6.45, 7) is 0.425. The number of anilines is 1. The maximum absolute atomic E-state index is 11.4.